The van der Waals surface area contributed by atoms with Gasteiger partial charge in [-0.1, -0.05) is 24.6 Å². The average molecular weight is 347 g/mol. The van der Waals surface area contributed by atoms with Crippen LogP contribution >= 0.6 is 12.4 Å². The van der Waals surface area contributed by atoms with Gasteiger partial charge >= 0.3 is 0 Å². The molecule has 0 spiro atoms. The first kappa shape index (κ1) is 19.4. The monoisotopic (exact) mass is 346 g/mol. The molecule has 6 heteroatoms. The summed E-state index contributed by atoms with van der Waals surface area (Å²) in [5.41, 5.74) is 2.80. The summed E-state index contributed by atoms with van der Waals surface area (Å²) in [4.78, 5) is 0.494. The molecule has 0 amide bonds. The average Bonchev–Trinajstić information content (AvgIpc) is 2.87. The minimum atomic E-state index is -3.43. The molecule has 4 nitrogen and oxygen atoms in total. The Bertz CT molecular complexity index is 588. The Morgan fingerprint density at radius 1 is 1.23 bits per heavy atom. The second-order valence-corrected chi connectivity index (χ2v) is 7.82. The van der Waals surface area contributed by atoms with Crippen molar-refractivity contribution in [3.05, 3.63) is 28.8 Å². The quantitative estimate of drug-likeness (QED) is 0.891. The van der Waals surface area contributed by atoms with Gasteiger partial charge in [0.15, 0.2) is 0 Å². The maximum atomic E-state index is 13.2. The highest BCUT2D eigenvalue weighted by atomic mass is 35.5. The van der Waals surface area contributed by atoms with Crippen LogP contribution in [0, 0.1) is 20.8 Å². The van der Waals surface area contributed by atoms with Crippen LogP contribution in [0.3, 0.4) is 0 Å². The van der Waals surface area contributed by atoms with E-state index in [9.17, 15) is 8.42 Å². The molecular formula is C16H27ClN2O2S. The van der Waals surface area contributed by atoms with Gasteiger partial charge in [0.1, 0.15) is 0 Å². The lowest BCUT2D eigenvalue weighted by Gasteiger charge is -2.28. The number of aryl methyl sites for hydroxylation is 3. The van der Waals surface area contributed by atoms with Gasteiger partial charge in [-0.25, -0.2) is 8.42 Å². The molecule has 2 rings (SSSR count). The van der Waals surface area contributed by atoms with Crippen LogP contribution in [0.4, 0.5) is 0 Å². The Morgan fingerprint density at radius 3 is 2.27 bits per heavy atom. The zero-order valence-electron chi connectivity index (χ0n) is 13.8. The van der Waals surface area contributed by atoms with Crippen LogP contribution < -0.4 is 5.32 Å². The zero-order valence-corrected chi connectivity index (χ0v) is 15.5. The second kappa shape index (κ2) is 7.77. The van der Waals surface area contributed by atoms with E-state index in [2.05, 4.69) is 5.32 Å². The predicted octanol–water partition coefficient (Wildman–Crippen LogP) is 2.80. The molecule has 22 heavy (non-hydrogen) atoms. The van der Waals surface area contributed by atoms with Crippen molar-refractivity contribution >= 4 is 22.4 Å². The molecule has 0 radical (unpaired) electrons. The summed E-state index contributed by atoms with van der Waals surface area (Å²) in [6, 6.07) is 3.99. The van der Waals surface area contributed by atoms with E-state index in [1.807, 2.05) is 39.8 Å². The number of rotatable bonds is 5. The molecule has 1 aromatic rings. The summed E-state index contributed by atoms with van der Waals surface area (Å²) >= 11 is 0. The van der Waals surface area contributed by atoms with Gasteiger partial charge in [-0.15, -0.1) is 12.4 Å². The van der Waals surface area contributed by atoms with Gasteiger partial charge in [0, 0.05) is 19.1 Å². The Morgan fingerprint density at radius 2 is 1.82 bits per heavy atom. The van der Waals surface area contributed by atoms with E-state index < -0.39 is 10.0 Å². The first-order valence-electron chi connectivity index (χ1n) is 7.68. The molecule has 1 N–H and O–H groups in total. The number of hydrogen-bond acceptors (Lipinski definition) is 3. The first-order chi connectivity index (χ1) is 9.87. The number of sulfonamides is 1. The zero-order chi connectivity index (χ0) is 15.6. The molecule has 1 aromatic carbocycles. The normalized spacial score (nSPS) is 18.5. The largest absolute Gasteiger partial charge is 0.315 e. The van der Waals surface area contributed by atoms with Crippen LogP contribution in [-0.4, -0.2) is 38.4 Å². The molecule has 1 unspecified atom stereocenters. The van der Waals surface area contributed by atoms with Crippen LogP contribution in [0.2, 0.25) is 0 Å². The van der Waals surface area contributed by atoms with E-state index in [-0.39, 0.29) is 18.4 Å². The van der Waals surface area contributed by atoms with E-state index in [1.54, 1.807) is 4.31 Å². The van der Waals surface area contributed by atoms with Gasteiger partial charge in [0.25, 0.3) is 0 Å². The third kappa shape index (κ3) is 3.82. The highest BCUT2D eigenvalue weighted by Gasteiger charge is 2.34. The van der Waals surface area contributed by atoms with Crippen LogP contribution in [-0.2, 0) is 10.0 Å². The van der Waals surface area contributed by atoms with Crippen molar-refractivity contribution in [2.45, 2.75) is 51.5 Å². The lowest BCUT2D eigenvalue weighted by atomic mass is 10.1. The highest BCUT2D eigenvalue weighted by molar-refractivity contribution is 7.89. The maximum Gasteiger partial charge on any atom is 0.243 e. The number of halogens is 1. The maximum absolute atomic E-state index is 13.2. The van der Waals surface area contributed by atoms with Crippen LogP contribution in [0.1, 0.15) is 36.5 Å². The molecule has 1 aliphatic heterocycles. The minimum absolute atomic E-state index is 0. The predicted molar refractivity (Wildman–Crippen MR) is 93.4 cm³/mol. The number of hydrogen-bond donors (Lipinski definition) is 1. The van der Waals surface area contributed by atoms with Crippen molar-refractivity contribution in [1.29, 1.82) is 0 Å². The lowest BCUT2D eigenvalue weighted by Crippen LogP contribution is -2.42. The molecule has 1 saturated heterocycles. The van der Waals surface area contributed by atoms with E-state index >= 15 is 0 Å². The second-order valence-electron chi connectivity index (χ2n) is 5.99. The molecule has 0 aromatic heterocycles. The first-order valence-corrected chi connectivity index (χ1v) is 9.12. The van der Waals surface area contributed by atoms with Crippen molar-refractivity contribution in [1.82, 2.24) is 9.62 Å². The third-order valence-electron chi connectivity index (χ3n) is 4.06. The molecule has 1 atom stereocenters. The Balaban J connectivity index is 0.00000242. The van der Waals surface area contributed by atoms with Gasteiger partial charge < -0.3 is 5.32 Å². The van der Waals surface area contributed by atoms with E-state index in [4.69, 9.17) is 0 Å². The van der Waals surface area contributed by atoms with Gasteiger partial charge in [0.05, 0.1) is 4.90 Å². The van der Waals surface area contributed by atoms with E-state index in [0.717, 1.165) is 42.6 Å². The fourth-order valence-corrected chi connectivity index (χ4v) is 5.46. The fourth-order valence-electron chi connectivity index (χ4n) is 3.30. The van der Waals surface area contributed by atoms with E-state index in [0.29, 0.717) is 11.4 Å². The Hall–Kier alpha value is -0.620. The molecule has 1 aliphatic rings. The summed E-state index contributed by atoms with van der Waals surface area (Å²) in [5, 5.41) is 3.27. The van der Waals surface area contributed by atoms with Crippen molar-refractivity contribution in [2.24, 2.45) is 0 Å². The van der Waals surface area contributed by atoms with Crippen LogP contribution in [0.25, 0.3) is 0 Å². The molecule has 126 valence electrons. The van der Waals surface area contributed by atoms with Crippen LogP contribution in [0.15, 0.2) is 17.0 Å². The molecule has 0 saturated carbocycles. The summed E-state index contributed by atoms with van der Waals surface area (Å²) in [7, 11) is -3.43. The summed E-state index contributed by atoms with van der Waals surface area (Å²) in [6.45, 7) is 10.0. The SMILES string of the molecule is CCCN(C1CCNC1)S(=O)(=O)c1c(C)cc(C)cc1C.Cl. The summed E-state index contributed by atoms with van der Waals surface area (Å²) < 4.78 is 28.0. The van der Waals surface area contributed by atoms with Gasteiger partial charge in [-0.2, -0.15) is 4.31 Å². The molecule has 0 bridgehead atoms. The smallest absolute Gasteiger partial charge is 0.243 e. The molecule has 0 aliphatic carbocycles. The Labute approximate surface area is 140 Å². The third-order valence-corrected chi connectivity index (χ3v) is 6.31. The van der Waals surface area contributed by atoms with Gasteiger partial charge in [-0.3, -0.25) is 0 Å². The van der Waals surface area contributed by atoms with Crippen molar-refractivity contribution in [2.75, 3.05) is 19.6 Å². The standard InChI is InChI=1S/C16H26N2O2S.ClH/c1-5-8-18(15-6-7-17-11-15)21(19,20)16-13(3)9-12(2)10-14(16)4;/h9-10,15,17H,5-8,11H2,1-4H3;1H. The molecular weight excluding hydrogens is 320 g/mol. The van der Waals surface area contributed by atoms with E-state index in [1.165, 1.54) is 0 Å². The fraction of sp³-hybridized carbons (Fsp3) is 0.625. The van der Waals surface area contributed by atoms with Gasteiger partial charge in [0.2, 0.25) is 10.0 Å². The molecule has 1 fully saturated rings. The number of nitrogens with one attached hydrogen (secondary N) is 1. The lowest BCUT2D eigenvalue weighted by molar-refractivity contribution is 0.334. The highest BCUT2D eigenvalue weighted by Crippen LogP contribution is 2.28. The number of nitrogens with zero attached hydrogens (tertiary/aromatic N) is 1. The van der Waals surface area contributed by atoms with Crippen molar-refractivity contribution < 1.29 is 8.42 Å². The number of benzene rings is 1. The topological polar surface area (TPSA) is 49.4 Å². The van der Waals surface area contributed by atoms with Crippen LogP contribution in [0.5, 0.6) is 0 Å². The minimum Gasteiger partial charge on any atom is -0.315 e. The van der Waals surface area contributed by atoms with Gasteiger partial charge in [-0.05, 0) is 51.3 Å². The molecule has 1 heterocycles. The van der Waals surface area contributed by atoms with Crippen molar-refractivity contribution in [3.63, 3.8) is 0 Å². The Kier molecular flexibility index (Phi) is 6.86. The summed E-state index contributed by atoms with van der Waals surface area (Å²) in [5.74, 6) is 0. The summed E-state index contributed by atoms with van der Waals surface area (Å²) in [6.07, 6.45) is 1.73. The van der Waals surface area contributed by atoms with Crippen molar-refractivity contribution in [3.8, 4) is 0 Å².